The van der Waals surface area contributed by atoms with Crippen LogP contribution in [-0.2, 0) is 11.3 Å². The minimum Gasteiger partial charge on any atom is -0.341 e. The molecular formula is C12H14N2O. The number of carbonyl (C=O) groups excluding carboxylic acids is 1. The van der Waals surface area contributed by atoms with Gasteiger partial charge in [-0.05, 0) is 5.56 Å². The number of nitriles is 1. The van der Waals surface area contributed by atoms with Gasteiger partial charge in [0.2, 0.25) is 5.91 Å². The van der Waals surface area contributed by atoms with E-state index in [0.717, 1.165) is 5.56 Å². The van der Waals surface area contributed by atoms with Crippen molar-refractivity contribution in [1.82, 2.24) is 4.90 Å². The molecule has 0 aliphatic rings. The molecule has 0 aliphatic carbocycles. The standard InChI is InChI=1S/C12H14N2O/c1-14(12(15)8-5-9-13)10-11-6-3-2-4-7-11/h2-4,6-7H,5,8,10H2,1H3. The summed E-state index contributed by atoms with van der Waals surface area (Å²) in [6.07, 6.45) is 0.595. The predicted molar refractivity (Wildman–Crippen MR) is 57.8 cm³/mol. The summed E-state index contributed by atoms with van der Waals surface area (Å²) in [6, 6.07) is 11.8. The zero-order valence-corrected chi connectivity index (χ0v) is 8.81. The van der Waals surface area contributed by atoms with E-state index in [0.29, 0.717) is 13.0 Å². The molecule has 3 heteroatoms. The maximum Gasteiger partial charge on any atom is 0.223 e. The van der Waals surface area contributed by atoms with Crippen LogP contribution in [0.3, 0.4) is 0 Å². The van der Waals surface area contributed by atoms with E-state index >= 15 is 0 Å². The van der Waals surface area contributed by atoms with Gasteiger partial charge in [-0.2, -0.15) is 5.26 Å². The molecule has 0 radical (unpaired) electrons. The van der Waals surface area contributed by atoms with Crippen molar-refractivity contribution in [2.75, 3.05) is 7.05 Å². The number of benzene rings is 1. The van der Waals surface area contributed by atoms with Crippen LogP contribution in [-0.4, -0.2) is 17.9 Å². The average Bonchev–Trinajstić information content (AvgIpc) is 2.27. The molecule has 15 heavy (non-hydrogen) atoms. The van der Waals surface area contributed by atoms with Gasteiger partial charge >= 0.3 is 0 Å². The predicted octanol–water partition coefficient (Wildman–Crippen LogP) is 1.95. The summed E-state index contributed by atoms with van der Waals surface area (Å²) in [7, 11) is 1.76. The molecule has 0 heterocycles. The van der Waals surface area contributed by atoms with E-state index in [1.807, 2.05) is 36.4 Å². The third kappa shape index (κ3) is 3.82. The van der Waals surface area contributed by atoms with Gasteiger partial charge in [-0.15, -0.1) is 0 Å². The molecule has 0 spiro atoms. The zero-order chi connectivity index (χ0) is 11.1. The molecule has 1 aromatic carbocycles. The minimum atomic E-state index is 0.0143. The lowest BCUT2D eigenvalue weighted by Crippen LogP contribution is -2.25. The van der Waals surface area contributed by atoms with Crippen molar-refractivity contribution in [1.29, 1.82) is 5.26 Å². The second-order valence-corrected chi connectivity index (χ2v) is 3.39. The molecule has 78 valence electrons. The van der Waals surface area contributed by atoms with Crippen molar-refractivity contribution in [2.24, 2.45) is 0 Å². The van der Waals surface area contributed by atoms with Crippen LogP contribution >= 0.6 is 0 Å². The molecule has 0 unspecified atom stereocenters. The second kappa shape index (κ2) is 5.82. The summed E-state index contributed by atoms with van der Waals surface area (Å²) in [5.74, 6) is 0.0143. The summed E-state index contributed by atoms with van der Waals surface area (Å²) >= 11 is 0. The van der Waals surface area contributed by atoms with Crippen molar-refractivity contribution in [3.63, 3.8) is 0 Å². The van der Waals surface area contributed by atoms with Crippen LogP contribution in [0.2, 0.25) is 0 Å². The molecule has 0 aliphatic heterocycles. The van der Waals surface area contributed by atoms with Gasteiger partial charge in [-0.3, -0.25) is 4.79 Å². The second-order valence-electron chi connectivity index (χ2n) is 3.39. The Hall–Kier alpha value is -1.82. The Morgan fingerprint density at radius 2 is 2.07 bits per heavy atom. The SMILES string of the molecule is CN(Cc1ccccc1)C(=O)CCC#N. The lowest BCUT2D eigenvalue weighted by atomic mass is 10.2. The average molecular weight is 202 g/mol. The normalized spacial score (nSPS) is 9.33. The van der Waals surface area contributed by atoms with Gasteiger partial charge in [0.1, 0.15) is 0 Å². The van der Waals surface area contributed by atoms with Gasteiger partial charge in [0, 0.05) is 26.4 Å². The molecule has 3 nitrogen and oxygen atoms in total. The molecule has 0 atom stereocenters. The smallest absolute Gasteiger partial charge is 0.223 e. The van der Waals surface area contributed by atoms with E-state index in [4.69, 9.17) is 5.26 Å². The van der Waals surface area contributed by atoms with Gasteiger partial charge in [-0.25, -0.2) is 0 Å². The van der Waals surface area contributed by atoms with E-state index in [1.165, 1.54) is 0 Å². The summed E-state index contributed by atoms with van der Waals surface area (Å²) in [5, 5.41) is 8.37. The number of nitrogens with zero attached hydrogens (tertiary/aromatic N) is 2. The number of amides is 1. The summed E-state index contributed by atoms with van der Waals surface area (Å²) in [5.41, 5.74) is 1.10. The Morgan fingerprint density at radius 3 is 2.67 bits per heavy atom. The van der Waals surface area contributed by atoms with Crippen LogP contribution in [0.25, 0.3) is 0 Å². The van der Waals surface area contributed by atoms with E-state index in [-0.39, 0.29) is 12.3 Å². The first kappa shape index (κ1) is 11.3. The summed E-state index contributed by atoms with van der Waals surface area (Å²) < 4.78 is 0. The molecule has 0 fully saturated rings. The fourth-order valence-corrected chi connectivity index (χ4v) is 1.30. The van der Waals surface area contributed by atoms with Crippen LogP contribution in [0.5, 0.6) is 0 Å². The highest BCUT2D eigenvalue weighted by Crippen LogP contribution is 2.04. The number of hydrogen-bond acceptors (Lipinski definition) is 2. The molecule has 0 saturated carbocycles. The number of hydrogen-bond donors (Lipinski definition) is 0. The maximum absolute atomic E-state index is 11.5. The van der Waals surface area contributed by atoms with Crippen molar-refractivity contribution < 1.29 is 4.79 Å². The quantitative estimate of drug-likeness (QED) is 0.749. The number of rotatable bonds is 4. The van der Waals surface area contributed by atoms with Crippen LogP contribution in [0.4, 0.5) is 0 Å². The highest BCUT2D eigenvalue weighted by atomic mass is 16.2. The Morgan fingerprint density at radius 1 is 1.40 bits per heavy atom. The molecule has 0 N–H and O–H groups in total. The van der Waals surface area contributed by atoms with Crippen molar-refractivity contribution >= 4 is 5.91 Å². The van der Waals surface area contributed by atoms with Crippen LogP contribution in [0.1, 0.15) is 18.4 Å². The van der Waals surface area contributed by atoms with E-state index in [1.54, 1.807) is 11.9 Å². The minimum absolute atomic E-state index is 0.0143. The topological polar surface area (TPSA) is 44.1 Å². The first-order chi connectivity index (χ1) is 7.24. The third-order valence-electron chi connectivity index (χ3n) is 2.14. The van der Waals surface area contributed by atoms with Gasteiger partial charge in [-0.1, -0.05) is 30.3 Å². The zero-order valence-electron chi connectivity index (χ0n) is 8.81. The lowest BCUT2D eigenvalue weighted by Gasteiger charge is -2.16. The fourth-order valence-electron chi connectivity index (χ4n) is 1.30. The van der Waals surface area contributed by atoms with Crippen LogP contribution < -0.4 is 0 Å². The Bertz CT molecular complexity index is 354. The van der Waals surface area contributed by atoms with E-state index < -0.39 is 0 Å². The first-order valence-electron chi connectivity index (χ1n) is 4.89. The highest BCUT2D eigenvalue weighted by Gasteiger charge is 2.07. The van der Waals surface area contributed by atoms with Gasteiger partial charge < -0.3 is 4.90 Å². The maximum atomic E-state index is 11.5. The third-order valence-corrected chi connectivity index (χ3v) is 2.14. The molecule has 1 rings (SSSR count). The van der Waals surface area contributed by atoms with Crippen molar-refractivity contribution in [2.45, 2.75) is 19.4 Å². The largest absolute Gasteiger partial charge is 0.341 e. The van der Waals surface area contributed by atoms with Crippen LogP contribution in [0, 0.1) is 11.3 Å². The monoisotopic (exact) mass is 202 g/mol. The summed E-state index contributed by atoms with van der Waals surface area (Å²) in [6.45, 7) is 0.602. The van der Waals surface area contributed by atoms with Crippen LogP contribution in [0.15, 0.2) is 30.3 Å². The van der Waals surface area contributed by atoms with Gasteiger partial charge in [0.25, 0.3) is 0 Å². The molecular weight excluding hydrogens is 188 g/mol. The van der Waals surface area contributed by atoms with E-state index in [9.17, 15) is 4.79 Å². The van der Waals surface area contributed by atoms with Gasteiger partial charge in [0.15, 0.2) is 0 Å². The van der Waals surface area contributed by atoms with Crippen molar-refractivity contribution in [3.8, 4) is 6.07 Å². The molecule has 0 aromatic heterocycles. The Labute approximate surface area is 89.9 Å². The molecule has 1 amide bonds. The lowest BCUT2D eigenvalue weighted by molar-refractivity contribution is -0.130. The molecule has 0 bridgehead atoms. The number of carbonyl (C=O) groups is 1. The fraction of sp³-hybridized carbons (Fsp3) is 0.333. The Kier molecular flexibility index (Phi) is 4.36. The molecule has 1 aromatic rings. The van der Waals surface area contributed by atoms with E-state index in [2.05, 4.69) is 0 Å². The first-order valence-corrected chi connectivity index (χ1v) is 4.89. The Balaban J connectivity index is 2.46. The molecule has 0 saturated heterocycles. The van der Waals surface area contributed by atoms with Crippen molar-refractivity contribution in [3.05, 3.63) is 35.9 Å². The highest BCUT2D eigenvalue weighted by molar-refractivity contribution is 5.76. The van der Waals surface area contributed by atoms with Gasteiger partial charge in [0.05, 0.1) is 6.07 Å². The summed E-state index contributed by atoms with van der Waals surface area (Å²) in [4.78, 5) is 13.1.